The second kappa shape index (κ2) is 8.40. The van der Waals surface area contributed by atoms with Gasteiger partial charge in [0.1, 0.15) is 28.9 Å². The molecule has 32 heavy (non-hydrogen) atoms. The summed E-state index contributed by atoms with van der Waals surface area (Å²) in [4.78, 5) is 12.5. The van der Waals surface area contributed by atoms with E-state index in [2.05, 4.69) is 0 Å². The summed E-state index contributed by atoms with van der Waals surface area (Å²) in [5, 5.41) is 9.57. The number of allylic oxidation sites excluding steroid dienone is 1. The highest BCUT2D eigenvalue weighted by Crippen LogP contribution is 2.43. The normalized spacial score (nSPS) is 14.8. The number of hydrogen-bond donors (Lipinski definition) is 1. The van der Waals surface area contributed by atoms with Crippen molar-refractivity contribution in [3.63, 3.8) is 0 Å². The SMILES string of the molecule is COc1cccc(C(=O)Oc2ccc3c(c2)OC(N)=C(C#N)C3c2ccc(F)c(F)c2)c1. The summed E-state index contributed by atoms with van der Waals surface area (Å²) >= 11 is 0. The van der Waals surface area contributed by atoms with Crippen LogP contribution in [0.2, 0.25) is 0 Å². The summed E-state index contributed by atoms with van der Waals surface area (Å²) in [7, 11) is 1.49. The molecule has 0 saturated heterocycles. The van der Waals surface area contributed by atoms with Gasteiger partial charge in [-0.15, -0.1) is 0 Å². The van der Waals surface area contributed by atoms with E-state index in [1.54, 1.807) is 24.3 Å². The third-order valence-electron chi connectivity index (χ3n) is 4.98. The molecule has 0 aliphatic carbocycles. The summed E-state index contributed by atoms with van der Waals surface area (Å²) in [6.07, 6.45) is 0. The zero-order chi connectivity index (χ0) is 22.8. The summed E-state index contributed by atoms with van der Waals surface area (Å²) in [6.45, 7) is 0. The van der Waals surface area contributed by atoms with E-state index in [1.165, 1.54) is 31.4 Å². The number of rotatable bonds is 4. The van der Waals surface area contributed by atoms with Crippen molar-refractivity contribution in [1.29, 1.82) is 5.26 Å². The van der Waals surface area contributed by atoms with Crippen molar-refractivity contribution in [2.45, 2.75) is 5.92 Å². The van der Waals surface area contributed by atoms with E-state index in [1.807, 2.05) is 6.07 Å². The highest BCUT2D eigenvalue weighted by molar-refractivity contribution is 5.91. The van der Waals surface area contributed by atoms with Crippen LogP contribution >= 0.6 is 0 Å². The molecule has 8 heteroatoms. The fourth-order valence-corrected chi connectivity index (χ4v) is 3.45. The van der Waals surface area contributed by atoms with Crippen LogP contribution in [-0.2, 0) is 0 Å². The van der Waals surface area contributed by atoms with Gasteiger partial charge in [-0.05, 0) is 42.0 Å². The maximum atomic E-state index is 13.9. The number of esters is 1. The zero-order valence-electron chi connectivity index (χ0n) is 16.8. The van der Waals surface area contributed by atoms with Crippen LogP contribution in [0, 0.1) is 23.0 Å². The monoisotopic (exact) mass is 434 g/mol. The molecule has 0 bridgehead atoms. The number of fused-ring (bicyclic) bond motifs is 1. The lowest BCUT2D eigenvalue weighted by molar-refractivity contribution is 0.0734. The van der Waals surface area contributed by atoms with Crippen molar-refractivity contribution < 1.29 is 27.8 Å². The van der Waals surface area contributed by atoms with Crippen LogP contribution in [0.25, 0.3) is 0 Å². The summed E-state index contributed by atoms with van der Waals surface area (Å²) in [5.41, 5.74) is 7.08. The molecule has 0 fully saturated rings. The number of ether oxygens (including phenoxy) is 3. The lowest BCUT2D eigenvalue weighted by Gasteiger charge is -2.26. The van der Waals surface area contributed by atoms with Gasteiger partial charge in [0, 0.05) is 11.6 Å². The predicted molar refractivity (Wildman–Crippen MR) is 110 cm³/mol. The number of halogens is 2. The molecule has 0 aromatic heterocycles. The molecule has 0 amide bonds. The average molecular weight is 434 g/mol. The lowest BCUT2D eigenvalue weighted by Crippen LogP contribution is -2.21. The van der Waals surface area contributed by atoms with E-state index in [-0.39, 0.29) is 28.5 Å². The van der Waals surface area contributed by atoms with Gasteiger partial charge in [-0.3, -0.25) is 0 Å². The number of hydrogen-bond acceptors (Lipinski definition) is 6. The number of nitrogens with zero attached hydrogens (tertiary/aromatic N) is 1. The molecule has 160 valence electrons. The molecule has 1 heterocycles. The van der Waals surface area contributed by atoms with Crippen molar-refractivity contribution in [1.82, 2.24) is 0 Å². The fraction of sp³-hybridized carbons (Fsp3) is 0.0833. The number of methoxy groups -OCH3 is 1. The van der Waals surface area contributed by atoms with Crippen LogP contribution in [0.4, 0.5) is 8.78 Å². The quantitative estimate of drug-likeness (QED) is 0.483. The first-order valence-electron chi connectivity index (χ1n) is 9.44. The van der Waals surface area contributed by atoms with Gasteiger partial charge < -0.3 is 19.9 Å². The maximum Gasteiger partial charge on any atom is 0.343 e. The fourth-order valence-electron chi connectivity index (χ4n) is 3.45. The molecular formula is C24H16F2N2O4. The van der Waals surface area contributed by atoms with Gasteiger partial charge in [-0.2, -0.15) is 5.26 Å². The van der Waals surface area contributed by atoms with E-state index in [4.69, 9.17) is 19.9 Å². The smallest absolute Gasteiger partial charge is 0.343 e. The van der Waals surface area contributed by atoms with Gasteiger partial charge in [-0.25, -0.2) is 13.6 Å². The molecule has 6 nitrogen and oxygen atoms in total. The van der Waals surface area contributed by atoms with Crippen molar-refractivity contribution >= 4 is 5.97 Å². The van der Waals surface area contributed by atoms with Gasteiger partial charge in [0.2, 0.25) is 5.88 Å². The molecule has 3 aromatic carbocycles. The lowest BCUT2D eigenvalue weighted by atomic mass is 9.83. The molecule has 1 aliphatic heterocycles. The first-order chi connectivity index (χ1) is 15.4. The Morgan fingerprint density at radius 1 is 1.06 bits per heavy atom. The summed E-state index contributed by atoms with van der Waals surface area (Å²) < 4.78 is 43.4. The van der Waals surface area contributed by atoms with Gasteiger partial charge >= 0.3 is 5.97 Å². The van der Waals surface area contributed by atoms with Gasteiger partial charge in [-0.1, -0.05) is 18.2 Å². The first-order valence-corrected chi connectivity index (χ1v) is 9.44. The molecular weight excluding hydrogens is 418 g/mol. The molecule has 0 saturated carbocycles. The number of carbonyl (C=O) groups is 1. The molecule has 1 aliphatic rings. The Morgan fingerprint density at radius 3 is 2.59 bits per heavy atom. The largest absolute Gasteiger partial charge is 0.497 e. The predicted octanol–water partition coefficient (Wildman–Crippen LogP) is 4.41. The number of nitrogens with two attached hydrogens (primary N) is 1. The molecule has 4 rings (SSSR count). The Morgan fingerprint density at radius 2 is 1.88 bits per heavy atom. The topological polar surface area (TPSA) is 94.6 Å². The van der Waals surface area contributed by atoms with E-state index in [0.717, 1.165) is 12.1 Å². The minimum absolute atomic E-state index is 0.0598. The highest BCUT2D eigenvalue weighted by Gasteiger charge is 2.31. The number of nitriles is 1. The van der Waals surface area contributed by atoms with Crippen molar-refractivity contribution in [3.05, 3.63) is 100 Å². The van der Waals surface area contributed by atoms with Crippen LogP contribution in [0.3, 0.4) is 0 Å². The Labute approximate surface area is 182 Å². The Bertz CT molecular complexity index is 1300. The van der Waals surface area contributed by atoms with E-state index in [9.17, 15) is 18.8 Å². The standard InChI is InChI=1S/C24H16F2N2O4/c1-30-15-4-2-3-14(9-15)24(29)31-16-6-7-17-21(11-16)32-23(28)18(12-27)22(17)13-5-8-19(25)20(26)10-13/h2-11,22H,28H2,1H3. The molecule has 2 N–H and O–H groups in total. The minimum atomic E-state index is -1.05. The summed E-state index contributed by atoms with van der Waals surface area (Å²) in [6, 6.07) is 16.4. The van der Waals surface area contributed by atoms with Crippen LogP contribution in [0.1, 0.15) is 27.4 Å². The zero-order valence-corrected chi connectivity index (χ0v) is 16.8. The Balaban J connectivity index is 1.69. The molecule has 1 unspecified atom stereocenters. The second-order valence-electron chi connectivity index (χ2n) is 6.92. The third-order valence-corrected chi connectivity index (χ3v) is 4.98. The van der Waals surface area contributed by atoms with E-state index >= 15 is 0 Å². The van der Waals surface area contributed by atoms with E-state index < -0.39 is 23.5 Å². The molecule has 3 aromatic rings. The van der Waals surface area contributed by atoms with Gasteiger partial charge in [0.15, 0.2) is 11.6 Å². The first kappa shape index (κ1) is 20.9. The minimum Gasteiger partial charge on any atom is -0.497 e. The van der Waals surface area contributed by atoms with Crippen molar-refractivity contribution in [2.75, 3.05) is 7.11 Å². The Hall–Kier alpha value is -4.38. The Kier molecular flexibility index (Phi) is 5.48. The molecule has 1 atom stereocenters. The van der Waals surface area contributed by atoms with Gasteiger partial charge in [0.05, 0.1) is 18.6 Å². The third kappa shape index (κ3) is 3.84. The van der Waals surface area contributed by atoms with Crippen LogP contribution < -0.4 is 19.9 Å². The summed E-state index contributed by atoms with van der Waals surface area (Å²) in [5.74, 6) is -2.71. The highest BCUT2D eigenvalue weighted by atomic mass is 19.2. The number of carbonyl (C=O) groups excluding carboxylic acids is 1. The average Bonchev–Trinajstić information content (AvgIpc) is 2.80. The van der Waals surface area contributed by atoms with Crippen LogP contribution in [-0.4, -0.2) is 13.1 Å². The maximum absolute atomic E-state index is 13.9. The van der Waals surface area contributed by atoms with Crippen molar-refractivity contribution in [2.24, 2.45) is 5.73 Å². The van der Waals surface area contributed by atoms with Crippen molar-refractivity contribution in [3.8, 4) is 23.3 Å². The van der Waals surface area contributed by atoms with E-state index in [0.29, 0.717) is 16.9 Å². The second-order valence-corrected chi connectivity index (χ2v) is 6.92. The molecule has 0 spiro atoms. The number of benzene rings is 3. The van der Waals surface area contributed by atoms with Crippen LogP contribution in [0.15, 0.2) is 72.1 Å². The van der Waals surface area contributed by atoms with Crippen LogP contribution in [0.5, 0.6) is 17.2 Å². The molecule has 0 radical (unpaired) electrons. The van der Waals surface area contributed by atoms with Gasteiger partial charge in [0.25, 0.3) is 0 Å².